The first kappa shape index (κ1) is 20.3. The molecular weight excluding hydrogens is 397 g/mol. The quantitative estimate of drug-likeness (QED) is 0.618. The summed E-state index contributed by atoms with van der Waals surface area (Å²) in [6.45, 7) is 0. The molecule has 9 heteroatoms. The molecule has 0 aliphatic heterocycles. The van der Waals surface area contributed by atoms with Crippen LogP contribution in [-0.2, 0) is 21.2 Å². The molecule has 0 aliphatic carbocycles. The maximum Gasteiger partial charge on any atom is 0.261 e. The van der Waals surface area contributed by atoms with Crippen molar-refractivity contribution in [1.82, 2.24) is 4.98 Å². The van der Waals surface area contributed by atoms with Crippen molar-refractivity contribution in [2.45, 2.75) is 11.3 Å². The van der Waals surface area contributed by atoms with Gasteiger partial charge >= 0.3 is 0 Å². The molecule has 1 heterocycles. The Labute approximate surface area is 167 Å². The van der Waals surface area contributed by atoms with Crippen molar-refractivity contribution in [3.8, 4) is 5.88 Å². The molecule has 0 bridgehead atoms. The van der Waals surface area contributed by atoms with E-state index in [1.54, 1.807) is 42.6 Å². The highest BCUT2D eigenvalue weighted by atomic mass is 32.2. The van der Waals surface area contributed by atoms with Crippen LogP contribution in [0.4, 0.5) is 15.8 Å². The van der Waals surface area contributed by atoms with Crippen LogP contribution in [0.5, 0.6) is 5.88 Å². The van der Waals surface area contributed by atoms with Gasteiger partial charge in [-0.05, 0) is 54.1 Å². The van der Waals surface area contributed by atoms with E-state index >= 15 is 0 Å². The fraction of sp³-hybridized carbons (Fsp3) is 0.100. The highest BCUT2D eigenvalue weighted by molar-refractivity contribution is 7.92. The number of methoxy groups -OCH3 is 1. The molecular formula is C20H18FN3O4S. The second-order valence-corrected chi connectivity index (χ2v) is 7.72. The molecule has 29 heavy (non-hydrogen) atoms. The van der Waals surface area contributed by atoms with Crippen LogP contribution in [0.1, 0.15) is 5.56 Å². The lowest BCUT2D eigenvalue weighted by atomic mass is 10.1. The van der Waals surface area contributed by atoms with Gasteiger partial charge in [0.15, 0.2) is 0 Å². The molecule has 3 rings (SSSR count). The minimum absolute atomic E-state index is 0.0484. The Morgan fingerprint density at radius 3 is 2.41 bits per heavy atom. The number of halogens is 1. The summed E-state index contributed by atoms with van der Waals surface area (Å²) in [5.41, 5.74) is 1.48. The lowest BCUT2D eigenvalue weighted by Crippen LogP contribution is -2.15. The van der Waals surface area contributed by atoms with Gasteiger partial charge in [-0.2, -0.15) is 0 Å². The largest absolute Gasteiger partial charge is 0.480 e. The van der Waals surface area contributed by atoms with Gasteiger partial charge in [-0.3, -0.25) is 9.52 Å². The van der Waals surface area contributed by atoms with Crippen molar-refractivity contribution in [3.05, 3.63) is 78.2 Å². The number of nitrogens with zero attached hydrogens (tertiary/aromatic N) is 1. The van der Waals surface area contributed by atoms with Crippen LogP contribution in [-0.4, -0.2) is 26.4 Å². The molecule has 0 saturated carbocycles. The van der Waals surface area contributed by atoms with Gasteiger partial charge in [0.05, 0.1) is 18.4 Å². The molecule has 0 fully saturated rings. The van der Waals surface area contributed by atoms with Crippen LogP contribution in [0.15, 0.2) is 71.8 Å². The summed E-state index contributed by atoms with van der Waals surface area (Å²) in [6, 6.07) is 14.3. The molecule has 0 spiro atoms. The van der Waals surface area contributed by atoms with Crippen molar-refractivity contribution in [2.24, 2.45) is 0 Å². The minimum atomic E-state index is -3.83. The van der Waals surface area contributed by atoms with Crippen LogP contribution in [0.3, 0.4) is 0 Å². The van der Waals surface area contributed by atoms with E-state index in [0.717, 1.165) is 12.1 Å². The van der Waals surface area contributed by atoms with Gasteiger partial charge in [0, 0.05) is 11.9 Å². The highest BCUT2D eigenvalue weighted by Gasteiger charge is 2.14. The summed E-state index contributed by atoms with van der Waals surface area (Å²) in [5, 5.41) is 2.72. The molecule has 0 atom stereocenters. The van der Waals surface area contributed by atoms with E-state index in [9.17, 15) is 17.6 Å². The second kappa shape index (κ2) is 8.70. The number of benzene rings is 2. The number of anilines is 2. The Bertz CT molecular complexity index is 1100. The standard InChI is InChI=1S/C20H18FN3O4S/c1-28-20-18(3-2-12-22-20)23-19(25)13-14-4-8-16(9-5-14)24-29(26,27)17-10-6-15(21)7-11-17/h2-12,24H,13H2,1H3,(H,23,25). The summed E-state index contributed by atoms with van der Waals surface area (Å²) in [5.74, 6) is -0.474. The monoisotopic (exact) mass is 415 g/mol. The molecule has 0 unspecified atom stereocenters. The fourth-order valence-corrected chi connectivity index (χ4v) is 3.61. The molecule has 7 nitrogen and oxygen atoms in total. The zero-order chi connectivity index (χ0) is 20.9. The van der Waals surface area contributed by atoms with Gasteiger partial charge in [0.25, 0.3) is 10.0 Å². The van der Waals surface area contributed by atoms with Crippen molar-refractivity contribution in [1.29, 1.82) is 0 Å². The average Bonchev–Trinajstić information content (AvgIpc) is 2.70. The predicted octanol–water partition coefficient (Wildman–Crippen LogP) is 3.21. The molecule has 0 radical (unpaired) electrons. The van der Waals surface area contributed by atoms with Gasteiger partial charge in [0.1, 0.15) is 11.5 Å². The topological polar surface area (TPSA) is 97.4 Å². The number of pyridine rings is 1. The number of nitrogens with one attached hydrogen (secondary N) is 2. The van der Waals surface area contributed by atoms with Gasteiger partial charge in [-0.1, -0.05) is 12.1 Å². The van der Waals surface area contributed by atoms with Gasteiger partial charge in [-0.15, -0.1) is 0 Å². The number of hydrogen-bond acceptors (Lipinski definition) is 5. The normalized spacial score (nSPS) is 11.0. The van der Waals surface area contributed by atoms with E-state index < -0.39 is 15.8 Å². The number of sulfonamides is 1. The molecule has 1 aromatic heterocycles. The SMILES string of the molecule is COc1ncccc1NC(=O)Cc1ccc(NS(=O)(=O)c2ccc(F)cc2)cc1. The number of carbonyl (C=O) groups is 1. The summed E-state index contributed by atoms with van der Waals surface area (Å²) in [6.07, 6.45) is 1.64. The minimum Gasteiger partial charge on any atom is -0.480 e. The van der Waals surface area contributed by atoms with Crippen molar-refractivity contribution in [2.75, 3.05) is 17.1 Å². The molecule has 3 aromatic rings. The Hall–Kier alpha value is -3.46. The summed E-state index contributed by atoms with van der Waals surface area (Å²) >= 11 is 0. The number of rotatable bonds is 7. The van der Waals surface area contributed by atoms with E-state index in [1.807, 2.05) is 0 Å². The third kappa shape index (κ3) is 5.29. The van der Waals surface area contributed by atoms with E-state index in [4.69, 9.17) is 4.74 Å². The van der Waals surface area contributed by atoms with Crippen LogP contribution in [0, 0.1) is 5.82 Å². The second-order valence-electron chi connectivity index (χ2n) is 6.04. The first-order chi connectivity index (χ1) is 13.9. The van der Waals surface area contributed by atoms with Crippen molar-refractivity contribution >= 4 is 27.3 Å². The van der Waals surface area contributed by atoms with Gasteiger partial charge < -0.3 is 10.1 Å². The Morgan fingerprint density at radius 1 is 1.07 bits per heavy atom. The fourth-order valence-electron chi connectivity index (χ4n) is 2.55. The highest BCUT2D eigenvalue weighted by Crippen LogP contribution is 2.21. The number of amides is 1. The van der Waals surface area contributed by atoms with Crippen LogP contribution in [0.2, 0.25) is 0 Å². The Morgan fingerprint density at radius 2 is 1.76 bits per heavy atom. The summed E-state index contributed by atoms with van der Waals surface area (Å²) < 4.78 is 45.1. The lowest BCUT2D eigenvalue weighted by Gasteiger charge is -2.10. The van der Waals surface area contributed by atoms with Gasteiger partial charge in [-0.25, -0.2) is 17.8 Å². The third-order valence-electron chi connectivity index (χ3n) is 3.93. The van der Waals surface area contributed by atoms with Gasteiger partial charge in [0.2, 0.25) is 11.8 Å². The number of ether oxygens (including phenoxy) is 1. The average molecular weight is 415 g/mol. The number of carbonyl (C=O) groups excluding carboxylic acids is 1. The van der Waals surface area contributed by atoms with E-state index in [2.05, 4.69) is 15.0 Å². The van der Waals surface area contributed by atoms with Crippen molar-refractivity contribution in [3.63, 3.8) is 0 Å². The summed E-state index contributed by atoms with van der Waals surface area (Å²) in [7, 11) is -2.37. The summed E-state index contributed by atoms with van der Waals surface area (Å²) in [4.78, 5) is 16.2. The van der Waals surface area contributed by atoms with Crippen molar-refractivity contribution < 1.29 is 22.3 Å². The van der Waals surface area contributed by atoms with Crippen LogP contribution >= 0.6 is 0 Å². The Kier molecular flexibility index (Phi) is 6.08. The maximum absolute atomic E-state index is 13.0. The van der Waals surface area contributed by atoms with E-state index in [0.29, 0.717) is 22.8 Å². The lowest BCUT2D eigenvalue weighted by molar-refractivity contribution is -0.115. The Balaban J connectivity index is 1.64. The van der Waals surface area contributed by atoms with Crippen LogP contribution in [0.25, 0.3) is 0 Å². The zero-order valence-corrected chi connectivity index (χ0v) is 16.2. The third-order valence-corrected chi connectivity index (χ3v) is 5.33. The number of hydrogen-bond donors (Lipinski definition) is 2. The predicted molar refractivity (Wildman–Crippen MR) is 107 cm³/mol. The van der Waals surface area contributed by atoms with E-state index in [1.165, 1.54) is 19.2 Å². The van der Waals surface area contributed by atoms with E-state index in [-0.39, 0.29) is 17.2 Å². The molecule has 150 valence electrons. The zero-order valence-electron chi connectivity index (χ0n) is 15.4. The smallest absolute Gasteiger partial charge is 0.261 e. The molecule has 2 N–H and O–H groups in total. The maximum atomic E-state index is 13.0. The number of aromatic nitrogens is 1. The first-order valence-corrected chi connectivity index (χ1v) is 10.0. The van der Waals surface area contributed by atoms with Crippen LogP contribution < -0.4 is 14.8 Å². The molecule has 2 aromatic carbocycles. The molecule has 0 saturated heterocycles. The molecule has 1 amide bonds. The first-order valence-electron chi connectivity index (χ1n) is 8.53. The molecule has 0 aliphatic rings.